The van der Waals surface area contributed by atoms with Crippen LogP contribution in [0, 0.1) is 0 Å². The molecule has 0 aliphatic heterocycles. The maximum absolute atomic E-state index is 5.87. The van der Waals surface area contributed by atoms with Crippen LogP contribution in [0.5, 0.6) is 0 Å². The van der Waals surface area contributed by atoms with Crippen molar-refractivity contribution in [3.63, 3.8) is 0 Å². The first-order valence-corrected chi connectivity index (χ1v) is 9.31. The molecule has 0 fully saturated rings. The molecular formula is C25H16N2O. The van der Waals surface area contributed by atoms with Gasteiger partial charge in [0.2, 0.25) is 0 Å². The lowest BCUT2D eigenvalue weighted by Gasteiger charge is -2.09. The van der Waals surface area contributed by atoms with Crippen molar-refractivity contribution in [2.45, 2.75) is 0 Å². The van der Waals surface area contributed by atoms with Gasteiger partial charge in [0.15, 0.2) is 5.58 Å². The number of nitrogens with zero attached hydrogens (tertiary/aromatic N) is 2. The third kappa shape index (κ3) is 2.13. The summed E-state index contributed by atoms with van der Waals surface area (Å²) in [4.78, 5) is 4.73. The average Bonchev–Trinajstić information content (AvgIpc) is 3.37. The largest absolute Gasteiger partial charge is 0.462 e. The summed E-state index contributed by atoms with van der Waals surface area (Å²) >= 11 is 0. The van der Waals surface area contributed by atoms with Gasteiger partial charge in [-0.15, -0.1) is 0 Å². The van der Waals surface area contributed by atoms with Crippen LogP contribution >= 0.6 is 0 Å². The molecule has 0 bridgehead atoms. The van der Waals surface area contributed by atoms with E-state index in [1.165, 1.54) is 10.8 Å². The van der Waals surface area contributed by atoms with E-state index in [1.54, 1.807) is 6.26 Å². The summed E-state index contributed by atoms with van der Waals surface area (Å²) in [5.74, 6) is 0. The fourth-order valence-electron chi connectivity index (χ4n) is 4.04. The second-order valence-electron chi connectivity index (χ2n) is 6.92. The van der Waals surface area contributed by atoms with Gasteiger partial charge in [0, 0.05) is 21.7 Å². The number of benzene rings is 3. The molecule has 0 aliphatic carbocycles. The topological polar surface area (TPSA) is 31.0 Å². The molecule has 0 unspecified atom stereocenters. The normalized spacial score (nSPS) is 11.6. The third-order valence-corrected chi connectivity index (χ3v) is 5.33. The van der Waals surface area contributed by atoms with E-state index in [2.05, 4.69) is 65.2 Å². The van der Waals surface area contributed by atoms with Crippen molar-refractivity contribution in [1.82, 2.24) is 9.55 Å². The monoisotopic (exact) mass is 360 g/mol. The van der Waals surface area contributed by atoms with Gasteiger partial charge in [0.1, 0.15) is 0 Å². The van der Waals surface area contributed by atoms with E-state index in [0.717, 1.165) is 38.9 Å². The molecule has 0 radical (unpaired) electrons. The molecule has 0 saturated carbocycles. The third-order valence-electron chi connectivity index (χ3n) is 5.33. The number of furan rings is 1. The smallest absolute Gasteiger partial charge is 0.158 e. The number of aromatic nitrogens is 2. The van der Waals surface area contributed by atoms with E-state index in [0.29, 0.717) is 0 Å². The summed E-state index contributed by atoms with van der Waals surface area (Å²) in [5, 5.41) is 3.50. The van der Waals surface area contributed by atoms with E-state index >= 15 is 0 Å². The van der Waals surface area contributed by atoms with E-state index in [9.17, 15) is 0 Å². The van der Waals surface area contributed by atoms with Crippen LogP contribution in [-0.4, -0.2) is 9.55 Å². The van der Waals surface area contributed by atoms with Crippen LogP contribution in [0.15, 0.2) is 102 Å². The van der Waals surface area contributed by atoms with Crippen LogP contribution in [0.2, 0.25) is 0 Å². The molecule has 6 aromatic rings. The van der Waals surface area contributed by atoms with Crippen LogP contribution in [0.1, 0.15) is 0 Å². The van der Waals surface area contributed by atoms with Gasteiger partial charge in [-0.3, -0.25) is 4.98 Å². The van der Waals surface area contributed by atoms with Gasteiger partial charge in [-0.25, -0.2) is 0 Å². The summed E-state index contributed by atoms with van der Waals surface area (Å²) in [6.07, 6.45) is 3.69. The van der Waals surface area contributed by atoms with Gasteiger partial charge in [-0.05, 0) is 24.3 Å². The van der Waals surface area contributed by atoms with Gasteiger partial charge in [0.25, 0.3) is 0 Å². The summed E-state index contributed by atoms with van der Waals surface area (Å²) in [6, 6.07) is 29.2. The summed E-state index contributed by atoms with van der Waals surface area (Å²) in [5.41, 5.74) is 6.24. The van der Waals surface area contributed by atoms with Crippen LogP contribution in [0.25, 0.3) is 49.7 Å². The number of hydrogen-bond acceptors (Lipinski definition) is 2. The fourth-order valence-corrected chi connectivity index (χ4v) is 4.04. The second-order valence-corrected chi connectivity index (χ2v) is 6.92. The van der Waals surface area contributed by atoms with E-state index in [1.807, 2.05) is 30.5 Å². The molecule has 132 valence electrons. The summed E-state index contributed by atoms with van der Waals surface area (Å²) in [6.45, 7) is 0. The molecule has 6 rings (SSSR count). The van der Waals surface area contributed by atoms with Gasteiger partial charge in [0.05, 0.1) is 34.9 Å². The molecule has 3 heterocycles. The molecule has 0 aliphatic rings. The van der Waals surface area contributed by atoms with E-state index < -0.39 is 0 Å². The quantitative estimate of drug-likeness (QED) is 0.349. The van der Waals surface area contributed by atoms with E-state index in [4.69, 9.17) is 9.40 Å². The first kappa shape index (κ1) is 15.2. The van der Waals surface area contributed by atoms with Gasteiger partial charge >= 0.3 is 0 Å². The predicted molar refractivity (Wildman–Crippen MR) is 114 cm³/mol. The molecule has 0 N–H and O–H groups in total. The van der Waals surface area contributed by atoms with Crippen LogP contribution in [-0.2, 0) is 0 Å². The molecule has 3 aromatic heterocycles. The van der Waals surface area contributed by atoms with Crippen molar-refractivity contribution >= 4 is 32.8 Å². The Morgan fingerprint density at radius 1 is 0.714 bits per heavy atom. The number of hydrogen-bond donors (Lipinski definition) is 0. The molecular weight excluding hydrogens is 344 g/mol. The molecule has 0 saturated heterocycles. The van der Waals surface area contributed by atoms with Crippen LogP contribution in [0.3, 0.4) is 0 Å². The number of fused-ring (bicyclic) bond motifs is 5. The second kappa shape index (κ2) is 5.83. The maximum Gasteiger partial charge on any atom is 0.158 e. The molecule has 0 atom stereocenters. The molecule has 3 aromatic carbocycles. The Hall–Kier alpha value is -3.85. The van der Waals surface area contributed by atoms with Crippen molar-refractivity contribution in [2.24, 2.45) is 0 Å². The molecule has 0 amide bonds. The molecule has 3 nitrogen and oxygen atoms in total. The highest BCUT2D eigenvalue weighted by Crippen LogP contribution is 2.36. The SMILES string of the molecule is c1ccc(-c2ccc(-n3c4ccccc4c4ccc5ccoc5c43)cn2)cc1. The highest BCUT2D eigenvalue weighted by atomic mass is 16.3. The Bertz CT molecular complexity index is 1440. The molecule has 28 heavy (non-hydrogen) atoms. The molecule has 3 heteroatoms. The highest BCUT2D eigenvalue weighted by molar-refractivity contribution is 6.17. The Labute approximate surface area is 161 Å². The first-order valence-electron chi connectivity index (χ1n) is 9.31. The summed E-state index contributed by atoms with van der Waals surface area (Å²) in [7, 11) is 0. The van der Waals surface area contributed by atoms with Gasteiger partial charge in [-0.1, -0.05) is 60.7 Å². The Balaban J connectivity index is 1.66. The summed E-state index contributed by atoms with van der Waals surface area (Å²) < 4.78 is 8.12. The van der Waals surface area contributed by atoms with E-state index in [-0.39, 0.29) is 0 Å². The predicted octanol–water partition coefficient (Wildman–Crippen LogP) is 6.59. The zero-order valence-corrected chi connectivity index (χ0v) is 15.0. The Kier molecular flexibility index (Phi) is 3.17. The van der Waals surface area contributed by atoms with Crippen molar-refractivity contribution in [2.75, 3.05) is 0 Å². The maximum atomic E-state index is 5.87. The highest BCUT2D eigenvalue weighted by Gasteiger charge is 2.16. The lowest BCUT2D eigenvalue weighted by molar-refractivity contribution is 0.618. The van der Waals surface area contributed by atoms with Crippen LogP contribution in [0.4, 0.5) is 0 Å². The Morgan fingerprint density at radius 3 is 2.43 bits per heavy atom. The zero-order valence-electron chi connectivity index (χ0n) is 15.0. The number of pyridine rings is 1. The van der Waals surface area contributed by atoms with Crippen molar-refractivity contribution in [1.29, 1.82) is 0 Å². The first-order chi connectivity index (χ1) is 13.9. The lowest BCUT2D eigenvalue weighted by atomic mass is 10.1. The minimum Gasteiger partial charge on any atom is -0.462 e. The van der Waals surface area contributed by atoms with Gasteiger partial charge < -0.3 is 8.98 Å². The van der Waals surface area contributed by atoms with Crippen molar-refractivity contribution in [3.05, 3.63) is 97.4 Å². The van der Waals surface area contributed by atoms with Crippen molar-refractivity contribution in [3.8, 4) is 16.9 Å². The van der Waals surface area contributed by atoms with Gasteiger partial charge in [-0.2, -0.15) is 0 Å². The average molecular weight is 360 g/mol. The van der Waals surface area contributed by atoms with Crippen LogP contribution < -0.4 is 0 Å². The Morgan fingerprint density at radius 2 is 1.57 bits per heavy atom. The fraction of sp³-hybridized carbons (Fsp3) is 0. The minimum atomic E-state index is 0.904. The standard InChI is InChI=1S/C25H16N2O/c1-2-6-17(7-3-1)22-13-11-19(16-26-22)27-23-9-5-4-8-20(23)21-12-10-18-14-15-28-25(18)24(21)27/h1-16H. The number of para-hydroxylation sites is 1. The number of rotatable bonds is 2. The molecule has 0 spiro atoms. The lowest BCUT2D eigenvalue weighted by Crippen LogP contribution is -1.95. The zero-order chi connectivity index (χ0) is 18.5. The minimum absolute atomic E-state index is 0.904. The van der Waals surface area contributed by atoms with Crippen molar-refractivity contribution < 1.29 is 4.42 Å².